The zero-order chi connectivity index (χ0) is 23.7. The highest BCUT2D eigenvalue weighted by atomic mass is 32.2. The second-order valence-electron chi connectivity index (χ2n) is 9.14. The largest absolute Gasteiger partial charge is 0.356 e. The van der Waals surface area contributed by atoms with E-state index in [0.717, 1.165) is 54.6 Å². The van der Waals surface area contributed by atoms with Crippen molar-refractivity contribution in [1.29, 1.82) is 0 Å². The number of thioether (sulfide) groups is 1. The summed E-state index contributed by atoms with van der Waals surface area (Å²) >= 11 is 6.82. The number of benzene rings is 2. The van der Waals surface area contributed by atoms with E-state index in [-0.39, 0.29) is 5.91 Å². The molecule has 2 saturated heterocycles. The van der Waals surface area contributed by atoms with Crippen molar-refractivity contribution in [3.05, 3.63) is 76.2 Å². The van der Waals surface area contributed by atoms with E-state index in [1.54, 1.807) is 4.90 Å². The van der Waals surface area contributed by atoms with E-state index in [2.05, 4.69) is 66.4 Å². The van der Waals surface area contributed by atoms with Crippen molar-refractivity contribution in [2.45, 2.75) is 33.1 Å². The van der Waals surface area contributed by atoms with Crippen LogP contribution in [0.25, 0.3) is 17.0 Å². The fraction of sp³-hybridized carbons (Fsp3) is 0.321. The van der Waals surface area contributed by atoms with Crippen LogP contribution >= 0.6 is 24.0 Å². The molecule has 2 aliphatic rings. The summed E-state index contributed by atoms with van der Waals surface area (Å²) in [6.45, 7) is 6.59. The minimum absolute atomic E-state index is 0.00522. The Labute approximate surface area is 211 Å². The summed E-state index contributed by atoms with van der Waals surface area (Å²) in [5.74, 6) is 1.65. The highest BCUT2D eigenvalue weighted by Gasteiger charge is 2.31. The maximum absolute atomic E-state index is 12.9. The smallest absolute Gasteiger partial charge is 0.266 e. The first-order valence-electron chi connectivity index (χ1n) is 12.0. The summed E-state index contributed by atoms with van der Waals surface area (Å²) < 4.78 is 0.631. The van der Waals surface area contributed by atoms with E-state index in [1.807, 2.05) is 13.0 Å². The van der Waals surface area contributed by atoms with Crippen molar-refractivity contribution >= 4 is 57.0 Å². The predicted octanol–water partition coefficient (Wildman–Crippen LogP) is 6.22. The summed E-state index contributed by atoms with van der Waals surface area (Å²) in [4.78, 5) is 22.7. The molecule has 3 aromatic rings. The van der Waals surface area contributed by atoms with Gasteiger partial charge in [0.05, 0.1) is 10.4 Å². The average molecular weight is 488 g/mol. The molecule has 34 heavy (non-hydrogen) atoms. The second kappa shape index (κ2) is 9.88. The van der Waals surface area contributed by atoms with E-state index in [0.29, 0.717) is 21.7 Å². The minimum Gasteiger partial charge on any atom is -0.356 e. The lowest BCUT2D eigenvalue weighted by Crippen LogP contribution is -2.35. The molecule has 0 spiro atoms. The minimum atomic E-state index is -0.00522. The Bertz CT molecular complexity index is 1260. The number of hydrogen-bond donors (Lipinski definition) is 0. The number of carbonyl (C=O) groups excluding carboxylic acids is 1. The molecule has 1 aromatic heterocycles. The lowest BCUT2D eigenvalue weighted by molar-refractivity contribution is -0.121. The molecular weight excluding hydrogens is 458 g/mol. The summed E-state index contributed by atoms with van der Waals surface area (Å²) in [5.41, 5.74) is 4.60. The van der Waals surface area contributed by atoms with Gasteiger partial charge in [0.15, 0.2) is 0 Å². The number of aryl methyl sites for hydroxylation is 1. The van der Waals surface area contributed by atoms with Gasteiger partial charge in [0, 0.05) is 30.6 Å². The summed E-state index contributed by atoms with van der Waals surface area (Å²) in [5, 5.41) is 1.10. The average Bonchev–Trinajstić information content (AvgIpc) is 3.11. The Morgan fingerprint density at radius 3 is 2.59 bits per heavy atom. The van der Waals surface area contributed by atoms with Crippen molar-refractivity contribution in [3.63, 3.8) is 0 Å². The molecule has 5 rings (SSSR count). The van der Waals surface area contributed by atoms with Crippen molar-refractivity contribution in [2.24, 2.45) is 5.92 Å². The number of amides is 1. The molecule has 3 heterocycles. The molecule has 6 heteroatoms. The van der Waals surface area contributed by atoms with Crippen molar-refractivity contribution in [1.82, 2.24) is 9.88 Å². The number of nitrogens with zero attached hydrogens (tertiary/aromatic N) is 3. The molecule has 0 atom stereocenters. The fourth-order valence-electron chi connectivity index (χ4n) is 4.87. The quantitative estimate of drug-likeness (QED) is 0.315. The molecule has 0 radical (unpaired) electrons. The Morgan fingerprint density at radius 2 is 1.88 bits per heavy atom. The summed E-state index contributed by atoms with van der Waals surface area (Å²) in [6.07, 6.45) is 5.40. The van der Waals surface area contributed by atoms with Crippen LogP contribution in [0.4, 0.5) is 5.82 Å². The van der Waals surface area contributed by atoms with Gasteiger partial charge in [0.2, 0.25) is 0 Å². The van der Waals surface area contributed by atoms with Crippen LogP contribution in [-0.2, 0) is 11.2 Å². The molecule has 2 aliphatic heterocycles. The van der Waals surface area contributed by atoms with Crippen LogP contribution in [0.1, 0.15) is 36.5 Å². The van der Waals surface area contributed by atoms with Crippen LogP contribution in [0.5, 0.6) is 0 Å². The van der Waals surface area contributed by atoms with E-state index < -0.39 is 0 Å². The van der Waals surface area contributed by atoms with E-state index in [4.69, 9.17) is 17.2 Å². The topological polar surface area (TPSA) is 36.4 Å². The Hall–Kier alpha value is -2.70. The van der Waals surface area contributed by atoms with Crippen LogP contribution in [0, 0.1) is 12.8 Å². The van der Waals surface area contributed by atoms with Gasteiger partial charge in [-0.05, 0) is 68.9 Å². The Morgan fingerprint density at radius 1 is 1.12 bits per heavy atom. The van der Waals surface area contributed by atoms with Gasteiger partial charge in [0.1, 0.15) is 10.1 Å². The number of hydrogen-bond acceptors (Lipinski definition) is 5. The zero-order valence-electron chi connectivity index (χ0n) is 19.7. The molecular formula is C28H29N3OS2. The fourth-order valence-corrected chi connectivity index (χ4v) is 6.25. The molecule has 2 fully saturated rings. The molecule has 0 bridgehead atoms. The van der Waals surface area contributed by atoms with Crippen LogP contribution in [0.3, 0.4) is 0 Å². The monoisotopic (exact) mass is 487 g/mol. The third-order valence-corrected chi connectivity index (χ3v) is 8.11. The normalized spacial score (nSPS) is 18.5. The first kappa shape index (κ1) is 23.1. The molecule has 174 valence electrons. The van der Waals surface area contributed by atoms with Gasteiger partial charge in [-0.15, -0.1) is 0 Å². The SMILES string of the molecule is CCN1C(=O)/C(=C/c2cc3cc(C)ccc3nc2N2CCC(Cc3ccccc3)CC2)SC1=S. The van der Waals surface area contributed by atoms with Gasteiger partial charge in [0.25, 0.3) is 5.91 Å². The second-order valence-corrected chi connectivity index (χ2v) is 10.8. The van der Waals surface area contributed by atoms with E-state index in [1.165, 1.54) is 22.9 Å². The number of carbonyl (C=O) groups is 1. The maximum Gasteiger partial charge on any atom is 0.266 e. The van der Waals surface area contributed by atoms with Gasteiger partial charge >= 0.3 is 0 Å². The molecule has 1 amide bonds. The third kappa shape index (κ3) is 4.75. The van der Waals surface area contributed by atoms with Gasteiger partial charge < -0.3 is 4.90 Å². The lowest BCUT2D eigenvalue weighted by atomic mass is 9.90. The standard InChI is InChI=1S/C28H29N3OS2/c1-3-31-27(32)25(34-28(31)33)18-23-17-22-15-19(2)9-10-24(22)29-26(23)30-13-11-21(12-14-30)16-20-7-5-4-6-8-20/h4-10,15,17-18,21H,3,11-14,16H2,1-2H3/b25-18-. The maximum atomic E-state index is 12.9. The number of rotatable bonds is 5. The van der Waals surface area contributed by atoms with Crippen LogP contribution in [0.2, 0.25) is 0 Å². The number of piperidine rings is 1. The number of aromatic nitrogens is 1. The van der Waals surface area contributed by atoms with E-state index in [9.17, 15) is 4.79 Å². The highest BCUT2D eigenvalue weighted by Crippen LogP contribution is 2.36. The molecule has 0 saturated carbocycles. The number of fused-ring (bicyclic) bond motifs is 1. The van der Waals surface area contributed by atoms with E-state index >= 15 is 0 Å². The first-order chi connectivity index (χ1) is 16.5. The van der Waals surface area contributed by atoms with Crippen molar-refractivity contribution < 1.29 is 4.79 Å². The molecule has 0 aliphatic carbocycles. The van der Waals surface area contributed by atoms with Crippen LogP contribution in [0.15, 0.2) is 59.5 Å². The lowest BCUT2D eigenvalue weighted by Gasteiger charge is -2.34. The third-order valence-electron chi connectivity index (χ3n) is 6.74. The van der Waals surface area contributed by atoms with Gasteiger partial charge in [-0.2, -0.15) is 0 Å². The Balaban J connectivity index is 1.44. The number of thiocarbonyl (C=S) groups is 1. The number of pyridine rings is 1. The predicted molar refractivity (Wildman–Crippen MR) is 147 cm³/mol. The highest BCUT2D eigenvalue weighted by molar-refractivity contribution is 8.26. The van der Waals surface area contributed by atoms with Crippen molar-refractivity contribution in [2.75, 3.05) is 24.5 Å². The first-order valence-corrected chi connectivity index (χ1v) is 13.2. The number of anilines is 1. The summed E-state index contributed by atoms with van der Waals surface area (Å²) in [6, 6.07) is 19.3. The number of likely N-dealkylation sites (N-methyl/N-ethyl adjacent to an activating group) is 1. The van der Waals surface area contributed by atoms with Gasteiger partial charge in [-0.25, -0.2) is 4.98 Å². The Kier molecular flexibility index (Phi) is 6.70. The molecule has 4 nitrogen and oxygen atoms in total. The molecule has 0 N–H and O–H groups in total. The molecule has 0 unspecified atom stereocenters. The zero-order valence-corrected chi connectivity index (χ0v) is 21.3. The van der Waals surface area contributed by atoms with Crippen molar-refractivity contribution in [3.8, 4) is 0 Å². The molecule has 2 aromatic carbocycles. The van der Waals surface area contributed by atoms with Crippen LogP contribution in [-0.4, -0.2) is 39.7 Å². The van der Waals surface area contributed by atoms with Gasteiger partial charge in [-0.3, -0.25) is 9.69 Å². The van der Waals surface area contributed by atoms with Gasteiger partial charge in [-0.1, -0.05) is 65.9 Å². The van der Waals surface area contributed by atoms with Crippen LogP contribution < -0.4 is 4.90 Å². The summed E-state index contributed by atoms with van der Waals surface area (Å²) in [7, 11) is 0.